The van der Waals surface area contributed by atoms with E-state index in [1.54, 1.807) is 4.90 Å². The van der Waals surface area contributed by atoms with E-state index in [0.717, 1.165) is 32.2 Å². The molecule has 2 saturated heterocycles. The number of hydrogen-bond donors (Lipinski definition) is 2. The summed E-state index contributed by atoms with van der Waals surface area (Å²) in [5, 5.41) is 6.10. The molecule has 0 aromatic rings. The molecule has 0 saturated carbocycles. The standard InChI is InChI=1S/C11H20F3N3/c12-11(13,14)9-8-15-5-3-7-17(9)10-4-1-2-6-16-10/h9-10,15-16H,1-8H2. The van der Waals surface area contributed by atoms with Crippen LogP contribution in [0.4, 0.5) is 13.2 Å². The van der Waals surface area contributed by atoms with Gasteiger partial charge in [-0.2, -0.15) is 13.2 Å². The summed E-state index contributed by atoms with van der Waals surface area (Å²) in [6, 6.07) is -1.35. The van der Waals surface area contributed by atoms with E-state index in [1.807, 2.05) is 0 Å². The van der Waals surface area contributed by atoms with Gasteiger partial charge in [-0.25, -0.2) is 0 Å². The SMILES string of the molecule is FC(F)(F)C1CNCCCN1C1CCCCN1. The highest BCUT2D eigenvalue weighted by atomic mass is 19.4. The summed E-state index contributed by atoms with van der Waals surface area (Å²) < 4.78 is 39.1. The molecule has 2 rings (SSSR count). The summed E-state index contributed by atoms with van der Waals surface area (Å²) in [7, 11) is 0. The van der Waals surface area contributed by atoms with Crippen molar-refractivity contribution in [1.29, 1.82) is 0 Å². The monoisotopic (exact) mass is 251 g/mol. The van der Waals surface area contributed by atoms with Crippen LogP contribution in [0.5, 0.6) is 0 Å². The van der Waals surface area contributed by atoms with Crippen molar-refractivity contribution in [2.75, 3.05) is 26.2 Å². The first-order valence-electron chi connectivity index (χ1n) is 6.35. The fourth-order valence-corrected chi connectivity index (χ4v) is 2.69. The Kier molecular flexibility index (Phi) is 4.27. The maximum atomic E-state index is 13.0. The van der Waals surface area contributed by atoms with E-state index in [4.69, 9.17) is 0 Å². The molecule has 0 aliphatic carbocycles. The Bertz CT molecular complexity index is 239. The highest BCUT2D eigenvalue weighted by Crippen LogP contribution is 2.28. The van der Waals surface area contributed by atoms with E-state index < -0.39 is 12.2 Å². The Morgan fingerprint density at radius 2 is 1.88 bits per heavy atom. The lowest BCUT2D eigenvalue weighted by Gasteiger charge is -2.39. The third-order valence-electron chi connectivity index (χ3n) is 3.57. The number of rotatable bonds is 1. The maximum Gasteiger partial charge on any atom is 0.405 e. The van der Waals surface area contributed by atoms with Crippen molar-refractivity contribution in [3.05, 3.63) is 0 Å². The summed E-state index contributed by atoms with van der Waals surface area (Å²) in [6.07, 6.45) is -0.547. The molecular weight excluding hydrogens is 231 g/mol. The lowest BCUT2D eigenvalue weighted by atomic mass is 10.1. The molecule has 0 bridgehead atoms. The first-order chi connectivity index (χ1) is 8.09. The average Bonchev–Trinajstić information content (AvgIpc) is 2.54. The van der Waals surface area contributed by atoms with E-state index in [-0.39, 0.29) is 12.7 Å². The fourth-order valence-electron chi connectivity index (χ4n) is 2.69. The molecule has 2 N–H and O–H groups in total. The Morgan fingerprint density at radius 3 is 2.53 bits per heavy atom. The van der Waals surface area contributed by atoms with Crippen LogP contribution in [0.1, 0.15) is 25.7 Å². The molecule has 0 aromatic carbocycles. The van der Waals surface area contributed by atoms with E-state index in [1.165, 1.54) is 0 Å². The lowest BCUT2D eigenvalue weighted by Crippen LogP contribution is -2.58. The topological polar surface area (TPSA) is 27.3 Å². The van der Waals surface area contributed by atoms with Gasteiger partial charge in [0.15, 0.2) is 0 Å². The number of nitrogens with one attached hydrogen (secondary N) is 2. The first-order valence-corrected chi connectivity index (χ1v) is 6.35. The van der Waals surface area contributed by atoms with Gasteiger partial charge in [-0.15, -0.1) is 0 Å². The summed E-state index contributed by atoms with van der Waals surface area (Å²) in [5.74, 6) is 0. The third-order valence-corrected chi connectivity index (χ3v) is 3.57. The minimum atomic E-state index is -4.14. The van der Waals surface area contributed by atoms with Crippen LogP contribution in [0.25, 0.3) is 0 Å². The normalized spacial score (nSPS) is 33.4. The van der Waals surface area contributed by atoms with Crippen molar-refractivity contribution in [2.24, 2.45) is 0 Å². The van der Waals surface area contributed by atoms with E-state index in [2.05, 4.69) is 10.6 Å². The van der Waals surface area contributed by atoms with Gasteiger partial charge in [-0.3, -0.25) is 4.90 Å². The van der Waals surface area contributed by atoms with Gasteiger partial charge in [0.05, 0.1) is 6.17 Å². The predicted molar refractivity (Wildman–Crippen MR) is 59.7 cm³/mol. The van der Waals surface area contributed by atoms with Crippen LogP contribution >= 0.6 is 0 Å². The van der Waals surface area contributed by atoms with Gasteiger partial charge >= 0.3 is 6.18 Å². The predicted octanol–water partition coefficient (Wildman–Crippen LogP) is 1.31. The zero-order valence-electron chi connectivity index (χ0n) is 9.89. The zero-order chi connectivity index (χ0) is 12.3. The second-order valence-electron chi connectivity index (χ2n) is 4.82. The highest BCUT2D eigenvalue weighted by molar-refractivity contribution is 4.88. The Hall–Kier alpha value is -0.330. The van der Waals surface area contributed by atoms with Crippen LogP contribution in [-0.4, -0.2) is 49.5 Å². The summed E-state index contributed by atoms with van der Waals surface area (Å²) in [5.41, 5.74) is 0. The fraction of sp³-hybridized carbons (Fsp3) is 1.00. The second kappa shape index (κ2) is 5.54. The maximum absolute atomic E-state index is 13.0. The van der Waals surface area contributed by atoms with Gasteiger partial charge in [0.2, 0.25) is 0 Å². The number of halogens is 3. The van der Waals surface area contributed by atoms with Crippen molar-refractivity contribution >= 4 is 0 Å². The summed E-state index contributed by atoms with van der Waals surface area (Å²) >= 11 is 0. The lowest BCUT2D eigenvalue weighted by molar-refractivity contribution is -0.189. The Labute approximate surface area is 99.7 Å². The molecular formula is C11H20F3N3. The average molecular weight is 251 g/mol. The Morgan fingerprint density at radius 1 is 1.06 bits per heavy atom. The molecule has 17 heavy (non-hydrogen) atoms. The van der Waals surface area contributed by atoms with Crippen LogP contribution in [0.3, 0.4) is 0 Å². The largest absolute Gasteiger partial charge is 0.405 e. The van der Waals surface area contributed by atoms with Crippen LogP contribution in [0.15, 0.2) is 0 Å². The molecule has 2 atom stereocenters. The molecule has 2 aliphatic rings. The molecule has 2 heterocycles. The van der Waals surface area contributed by atoms with Crippen LogP contribution < -0.4 is 10.6 Å². The first kappa shape index (κ1) is 13.1. The molecule has 2 aliphatic heterocycles. The van der Waals surface area contributed by atoms with Gasteiger partial charge < -0.3 is 10.6 Å². The molecule has 0 radical (unpaired) electrons. The van der Waals surface area contributed by atoms with Crippen molar-refractivity contribution in [3.63, 3.8) is 0 Å². The number of hydrogen-bond acceptors (Lipinski definition) is 3. The van der Waals surface area contributed by atoms with Crippen LogP contribution in [-0.2, 0) is 0 Å². The van der Waals surface area contributed by atoms with Gasteiger partial charge in [0.1, 0.15) is 6.04 Å². The van der Waals surface area contributed by atoms with Crippen molar-refractivity contribution in [3.8, 4) is 0 Å². The molecule has 2 unspecified atom stereocenters. The van der Waals surface area contributed by atoms with Gasteiger partial charge in [-0.1, -0.05) is 0 Å². The summed E-state index contributed by atoms with van der Waals surface area (Å²) in [4.78, 5) is 1.61. The van der Waals surface area contributed by atoms with Crippen molar-refractivity contribution in [2.45, 2.75) is 44.1 Å². The number of piperidine rings is 1. The number of alkyl halides is 3. The molecule has 100 valence electrons. The Balaban J connectivity index is 2.07. The molecule has 0 aromatic heterocycles. The van der Waals surface area contributed by atoms with Crippen LogP contribution in [0, 0.1) is 0 Å². The highest BCUT2D eigenvalue weighted by Gasteiger charge is 2.45. The number of nitrogens with zero attached hydrogens (tertiary/aromatic N) is 1. The zero-order valence-corrected chi connectivity index (χ0v) is 9.89. The second-order valence-corrected chi connectivity index (χ2v) is 4.82. The van der Waals surface area contributed by atoms with Crippen molar-refractivity contribution < 1.29 is 13.2 Å². The van der Waals surface area contributed by atoms with E-state index in [0.29, 0.717) is 13.1 Å². The van der Waals surface area contributed by atoms with Crippen molar-refractivity contribution in [1.82, 2.24) is 15.5 Å². The molecule has 2 fully saturated rings. The quantitative estimate of drug-likeness (QED) is 0.736. The van der Waals surface area contributed by atoms with Gasteiger partial charge in [0, 0.05) is 13.1 Å². The minimum absolute atomic E-state index is 0.0156. The minimum Gasteiger partial charge on any atom is -0.315 e. The molecule has 3 nitrogen and oxygen atoms in total. The summed E-state index contributed by atoms with van der Waals surface area (Å²) in [6.45, 7) is 2.05. The third kappa shape index (κ3) is 3.33. The van der Waals surface area contributed by atoms with E-state index in [9.17, 15) is 13.2 Å². The van der Waals surface area contributed by atoms with Crippen LogP contribution in [0.2, 0.25) is 0 Å². The molecule has 0 spiro atoms. The van der Waals surface area contributed by atoms with Gasteiger partial charge in [-0.05, 0) is 38.8 Å². The smallest absolute Gasteiger partial charge is 0.315 e. The van der Waals surface area contributed by atoms with E-state index >= 15 is 0 Å². The molecule has 0 amide bonds. The van der Waals surface area contributed by atoms with Gasteiger partial charge in [0.25, 0.3) is 0 Å². The molecule has 6 heteroatoms.